The summed E-state index contributed by atoms with van der Waals surface area (Å²) in [5.74, 6) is 0. The van der Waals surface area contributed by atoms with Crippen LogP contribution in [0.1, 0.15) is 50.6 Å². The van der Waals surface area contributed by atoms with Gasteiger partial charge in [-0.15, -0.1) is 0 Å². The van der Waals surface area contributed by atoms with E-state index in [1.807, 2.05) is 30.5 Å². The maximum atomic E-state index is 7.81. The van der Waals surface area contributed by atoms with Crippen LogP contribution in [0.15, 0.2) is 36.7 Å². The number of rotatable bonds is 9. The minimum atomic E-state index is 0.453. The van der Waals surface area contributed by atoms with Gasteiger partial charge in [0.05, 0.1) is 22.9 Å². The van der Waals surface area contributed by atoms with E-state index in [2.05, 4.69) is 20.2 Å². The predicted octanol–water partition coefficient (Wildman–Crippen LogP) is 3.34. The van der Waals surface area contributed by atoms with Gasteiger partial charge in [-0.2, -0.15) is 0 Å². The number of hydrogen-bond acceptors (Lipinski definition) is 6. The van der Waals surface area contributed by atoms with E-state index in [-0.39, 0.29) is 0 Å². The fourth-order valence-corrected chi connectivity index (χ4v) is 4.48. The lowest BCUT2D eigenvalue weighted by molar-refractivity contribution is 0.122. The zero-order chi connectivity index (χ0) is 20.1. The van der Waals surface area contributed by atoms with Crippen LogP contribution in [0.4, 0.5) is 0 Å². The molecule has 4 N–H and O–H groups in total. The van der Waals surface area contributed by atoms with Crippen LogP contribution in [0.3, 0.4) is 0 Å². The lowest BCUT2D eigenvalue weighted by atomic mass is 9.99. The number of hydrogen-bond donors (Lipinski definition) is 3. The average molecular weight is 393 g/mol. The fraction of sp³-hybridized carbons (Fsp3) is 0.522. The number of benzene rings is 1. The van der Waals surface area contributed by atoms with Crippen molar-refractivity contribution >= 4 is 22.8 Å². The molecule has 4 rings (SSSR count). The second-order valence-corrected chi connectivity index (χ2v) is 8.39. The third-order valence-corrected chi connectivity index (χ3v) is 6.46. The normalized spacial score (nSPS) is 20.0. The molecule has 6 heteroatoms. The lowest BCUT2D eigenvalue weighted by Crippen LogP contribution is -2.47. The fourth-order valence-electron chi connectivity index (χ4n) is 4.48. The number of aromatic nitrogens is 2. The van der Waals surface area contributed by atoms with Gasteiger partial charge in [0.25, 0.3) is 0 Å². The number of nitrogens with zero attached hydrogens (tertiary/aromatic N) is 3. The van der Waals surface area contributed by atoms with Gasteiger partial charge in [-0.1, -0.05) is 18.6 Å². The molecule has 0 atom stereocenters. The van der Waals surface area contributed by atoms with Crippen LogP contribution in [-0.4, -0.2) is 52.3 Å². The van der Waals surface area contributed by atoms with Crippen molar-refractivity contribution in [3.8, 4) is 0 Å². The Kier molecular flexibility index (Phi) is 6.21. The smallest absolute Gasteiger partial charge is 0.0922 e. The summed E-state index contributed by atoms with van der Waals surface area (Å²) in [6.07, 6.45) is 13.8. The lowest BCUT2D eigenvalue weighted by Gasteiger charge is -2.38. The number of nitrogens with two attached hydrogens (primary N) is 1. The van der Waals surface area contributed by atoms with E-state index in [1.165, 1.54) is 31.9 Å². The molecule has 1 aromatic carbocycles. The molecular formula is C23H32N6. The highest BCUT2D eigenvalue weighted by Crippen LogP contribution is 2.46. The number of likely N-dealkylation sites (tertiary alicyclic amines) is 1. The van der Waals surface area contributed by atoms with Crippen LogP contribution in [0.5, 0.6) is 0 Å². The second kappa shape index (κ2) is 9.01. The molecule has 1 saturated heterocycles. The highest BCUT2D eigenvalue weighted by atomic mass is 15.2. The monoisotopic (exact) mass is 392 g/mol. The molecule has 154 valence electrons. The number of nitrogens with one attached hydrogen (secondary N) is 2. The first-order valence-electron chi connectivity index (χ1n) is 10.9. The van der Waals surface area contributed by atoms with Crippen molar-refractivity contribution in [1.29, 1.82) is 5.41 Å². The molecule has 0 unspecified atom stereocenters. The van der Waals surface area contributed by atoms with Gasteiger partial charge < -0.3 is 16.5 Å². The molecular weight excluding hydrogens is 360 g/mol. The van der Waals surface area contributed by atoms with Crippen LogP contribution in [0.2, 0.25) is 0 Å². The Labute approximate surface area is 173 Å². The number of unbranched alkanes of at least 4 members (excludes halogenated alkanes) is 1. The molecule has 0 radical (unpaired) electrons. The summed E-state index contributed by atoms with van der Waals surface area (Å²) in [5, 5.41) is 11.3. The average Bonchev–Trinajstić information content (AvgIpc) is 3.56. The van der Waals surface area contributed by atoms with E-state index in [0.717, 1.165) is 61.2 Å². The Hall–Kier alpha value is -2.31. The van der Waals surface area contributed by atoms with Crippen LogP contribution < -0.4 is 11.1 Å². The third-order valence-electron chi connectivity index (χ3n) is 6.46. The molecule has 1 aliphatic heterocycles. The van der Waals surface area contributed by atoms with E-state index in [0.29, 0.717) is 11.6 Å². The van der Waals surface area contributed by atoms with Gasteiger partial charge in [-0.25, -0.2) is 4.98 Å². The van der Waals surface area contributed by atoms with E-state index >= 15 is 0 Å². The summed E-state index contributed by atoms with van der Waals surface area (Å²) >= 11 is 0. The molecule has 2 heterocycles. The highest BCUT2D eigenvalue weighted by molar-refractivity contribution is 6.07. The molecule has 29 heavy (non-hydrogen) atoms. The predicted molar refractivity (Wildman–Crippen MR) is 119 cm³/mol. The van der Waals surface area contributed by atoms with Crippen LogP contribution in [0, 0.1) is 5.41 Å². The van der Waals surface area contributed by atoms with Gasteiger partial charge in [0.2, 0.25) is 0 Å². The summed E-state index contributed by atoms with van der Waals surface area (Å²) in [6.45, 7) is 3.12. The molecule has 2 aliphatic rings. The molecule has 2 aromatic rings. The van der Waals surface area contributed by atoms with Gasteiger partial charge in [-0.05, 0) is 57.2 Å². The van der Waals surface area contributed by atoms with Crippen molar-refractivity contribution in [2.75, 3.05) is 19.6 Å². The van der Waals surface area contributed by atoms with Crippen molar-refractivity contribution in [2.24, 2.45) is 5.73 Å². The van der Waals surface area contributed by atoms with Crippen LogP contribution in [0.25, 0.3) is 16.6 Å². The minimum Gasteiger partial charge on any atom is -0.387 e. The van der Waals surface area contributed by atoms with E-state index < -0.39 is 0 Å². The molecule has 6 nitrogen and oxygen atoms in total. The molecule has 0 spiro atoms. The summed E-state index contributed by atoms with van der Waals surface area (Å²) in [7, 11) is 0. The zero-order valence-electron chi connectivity index (χ0n) is 17.1. The van der Waals surface area contributed by atoms with E-state index in [1.54, 1.807) is 6.20 Å². The number of fused-ring (bicyclic) bond motifs is 1. The molecule has 0 bridgehead atoms. The Morgan fingerprint density at radius 1 is 1.21 bits per heavy atom. The highest BCUT2D eigenvalue weighted by Gasteiger charge is 2.47. The Bertz CT molecular complexity index is 865. The summed E-state index contributed by atoms with van der Waals surface area (Å²) in [4.78, 5) is 11.8. The number of allylic oxidation sites excluding steroid dienone is 1. The Morgan fingerprint density at radius 2 is 1.97 bits per heavy atom. The maximum Gasteiger partial charge on any atom is 0.0922 e. The molecule has 0 amide bonds. The standard InChI is InChI=1S/C23H32N6/c24-12-4-3-9-23(10-11-23)29-13-7-19(8-14-29)26-16-18(15-25)22-17-27-20-5-1-2-6-21(20)28-22/h1-2,5-6,15-17,19,25-26H,3-4,7-14,24H2/b18-16+,25-15?. The quantitative estimate of drug-likeness (QED) is 0.450. The van der Waals surface area contributed by atoms with Gasteiger partial charge in [0.1, 0.15) is 0 Å². The molecule has 1 saturated carbocycles. The van der Waals surface area contributed by atoms with Crippen molar-refractivity contribution < 1.29 is 0 Å². The van der Waals surface area contributed by atoms with Crippen molar-refractivity contribution in [3.63, 3.8) is 0 Å². The molecule has 1 aromatic heterocycles. The molecule has 2 fully saturated rings. The SMILES string of the molecule is N=C/C(=C\NC1CCN(C2(CCCCN)CC2)CC1)c1cnc2ccccc2n1. The second-order valence-electron chi connectivity index (χ2n) is 8.39. The molecule has 1 aliphatic carbocycles. The number of piperidine rings is 1. The van der Waals surface area contributed by atoms with Gasteiger partial charge in [-0.3, -0.25) is 9.88 Å². The first-order chi connectivity index (χ1) is 14.2. The summed E-state index contributed by atoms with van der Waals surface area (Å²) in [5.41, 5.74) is 9.38. The zero-order valence-corrected chi connectivity index (χ0v) is 17.1. The van der Waals surface area contributed by atoms with E-state index in [4.69, 9.17) is 11.1 Å². The topological polar surface area (TPSA) is 90.9 Å². The van der Waals surface area contributed by atoms with Crippen LogP contribution >= 0.6 is 0 Å². The largest absolute Gasteiger partial charge is 0.387 e. The van der Waals surface area contributed by atoms with Gasteiger partial charge >= 0.3 is 0 Å². The minimum absolute atomic E-state index is 0.453. The Morgan fingerprint density at radius 3 is 2.66 bits per heavy atom. The van der Waals surface area contributed by atoms with Gasteiger partial charge in [0.15, 0.2) is 0 Å². The van der Waals surface area contributed by atoms with E-state index in [9.17, 15) is 0 Å². The first-order valence-corrected chi connectivity index (χ1v) is 10.9. The first kappa shape index (κ1) is 20.0. The van der Waals surface area contributed by atoms with Crippen molar-refractivity contribution in [2.45, 2.75) is 56.5 Å². The van der Waals surface area contributed by atoms with Crippen molar-refractivity contribution in [3.05, 3.63) is 42.4 Å². The summed E-state index contributed by atoms with van der Waals surface area (Å²) < 4.78 is 0. The summed E-state index contributed by atoms with van der Waals surface area (Å²) in [6, 6.07) is 8.28. The number of para-hydroxylation sites is 2. The van der Waals surface area contributed by atoms with Crippen molar-refractivity contribution in [1.82, 2.24) is 20.2 Å². The Balaban J connectivity index is 1.33. The van der Waals surface area contributed by atoms with Gasteiger partial charge in [0, 0.05) is 42.7 Å². The van der Waals surface area contributed by atoms with Crippen LogP contribution in [-0.2, 0) is 0 Å². The third kappa shape index (κ3) is 4.65. The maximum absolute atomic E-state index is 7.81.